The minimum atomic E-state index is 0.843. The van der Waals surface area contributed by atoms with E-state index in [1.165, 1.54) is 32.1 Å². The van der Waals surface area contributed by atoms with Gasteiger partial charge < -0.3 is 4.90 Å². The molecule has 2 rings (SSSR count). The van der Waals surface area contributed by atoms with Gasteiger partial charge in [0.2, 0.25) is 0 Å². The normalized spacial score (nSPS) is 36.9. The van der Waals surface area contributed by atoms with Gasteiger partial charge in [0.15, 0.2) is 0 Å². The average molecular weight is 181 g/mol. The number of hydrogen-bond donors (Lipinski definition) is 0. The summed E-state index contributed by atoms with van der Waals surface area (Å²) in [5.41, 5.74) is 0. The molecule has 3 unspecified atom stereocenters. The molecule has 2 saturated carbocycles. The third-order valence-electron chi connectivity index (χ3n) is 4.19. The predicted octanol–water partition coefficient (Wildman–Crippen LogP) is 2.91. The van der Waals surface area contributed by atoms with E-state index in [-0.39, 0.29) is 0 Å². The second kappa shape index (κ2) is 3.61. The lowest BCUT2D eigenvalue weighted by Crippen LogP contribution is -2.38. The summed E-state index contributed by atoms with van der Waals surface area (Å²) in [6.07, 6.45) is 7.29. The topological polar surface area (TPSA) is 3.24 Å². The predicted molar refractivity (Wildman–Crippen MR) is 56.8 cm³/mol. The molecule has 0 aromatic carbocycles. The van der Waals surface area contributed by atoms with Gasteiger partial charge in [0, 0.05) is 12.1 Å². The minimum Gasteiger partial charge on any atom is -0.300 e. The molecule has 0 N–H and O–H groups in total. The SMILES string of the molecule is CC1CCC(N(C)C(C)C2CC2)C1. The Labute approximate surface area is 82.5 Å². The summed E-state index contributed by atoms with van der Waals surface area (Å²) >= 11 is 0. The molecule has 0 amide bonds. The van der Waals surface area contributed by atoms with Crippen LogP contribution in [0, 0.1) is 11.8 Å². The molecule has 0 bridgehead atoms. The van der Waals surface area contributed by atoms with Crippen molar-refractivity contribution >= 4 is 0 Å². The van der Waals surface area contributed by atoms with E-state index in [9.17, 15) is 0 Å². The molecule has 0 spiro atoms. The van der Waals surface area contributed by atoms with E-state index < -0.39 is 0 Å². The van der Waals surface area contributed by atoms with Crippen molar-refractivity contribution in [2.24, 2.45) is 11.8 Å². The van der Waals surface area contributed by atoms with Gasteiger partial charge in [0.25, 0.3) is 0 Å². The van der Waals surface area contributed by atoms with Crippen molar-refractivity contribution in [3.63, 3.8) is 0 Å². The summed E-state index contributed by atoms with van der Waals surface area (Å²) in [7, 11) is 2.34. The molecule has 1 heteroatoms. The molecular weight excluding hydrogens is 158 g/mol. The standard InChI is InChI=1S/C12H23N/c1-9-4-7-12(8-9)13(3)10(2)11-5-6-11/h9-12H,4-8H2,1-3H3. The van der Waals surface area contributed by atoms with Gasteiger partial charge in [-0.3, -0.25) is 0 Å². The Hall–Kier alpha value is -0.0400. The lowest BCUT2D eigenvalue weighted by Gasteiger charge is -2.30. The van der Waals surface area contributed by atoms with E-state index in [2.05, 4.69) is 25.8 Å². The van der Waals surface area contributed by atoms with Crippen molar-refractivity contribution in [2.45, 2.75) is 58.0 Å². The van der Waals surface area contributed by atoms with Crippen LogP contribution in [0.15, 0.2) is 0 Å². The Kier molecular flexibility index (Phi) is 2.64. The molecule has 13 heavy (non-hydrogen) atoms. The first-order valence-electron chi connectivity index (χ1n) is 5.90. The number of rotatable bonds is 3. The maximum absolute atomic E-state index is 2.65. The highest BCUT2D eigenvalue weighted by Gasteiger charge is 2.35. The summed E-state index contributed by atoms with van der Waals surface area (Å²) < 4.78 is 0. The Balaban J connectivity index is 1.84. The Morgan fingerprint density at radius 2 is 1.85 bits per heavy atom. The van der Waals surface area contributed by atoms with E-state index in [4.69, 9.17) is 0 Å². The van der Waals surface area contributed by atoms with Gasteiger partial charge in [-0.05, 0) is 57.9 Å². The van der Waals surface area contributed by atoms with Gasteiger partial charge in [-0.2, -0.15) is 0 Å². The van der Waals surface area contributed by atoms with E-state index in [0.29, 0.717) is 0 Å². The van der Waals surface area contributed by atoms with Crippen molar-refractivity contribution in [1.29, 1.82) is 0 Å². The second-order valence-electron chi connectivity index (χ2n) is 5.32. The van der Waals surface area contributed by atoms with Crippen molar-refractivity contribution in [3.8, 4) is 0 Å². The van der Waals surface area contributed by atoms with Gasteiger partial charge in [-0.1, -0.05) is 6.92 Å². The maximum Gasteiger partial charge on any atom is 0.00977 e. The number of hydrogen-bond acceptors (Lipinski definition) is 1. The molecule has 0 radical (unpaired) electrons. The Morgan fingerprint density at radius 1 is 1.15 bits per heavy atom. The lowest BCUT2D eigenvalue weighted by atomic mass is 10.1. The van der Waals surface area contributed by atoms with Crippen molar-refractivity contribution in [1.82, 2.24) is 4.90 Å². The lowest BCUT2D eigenvalue weighted by molar-refractivity contribution is 0.166. The number of nitrogens with zero attached hydrogens (tertiary/aromatic N) is 1. The van der Waals surface area contributed by atoms with Gasteiger partial charge in [-0.25, -0.2) is 0 Å². The minimum absolute atomic E-state index is 0.843. The Morgan fingerprint density at radius 3 is 2.31 bits per heavy atom. The zero-order valence-electron chi connectivity index (χ0n) is 9.29. The molecule has 0 heterocycles. The molecule has 1 nitrogen and oxygen atoms in total. The van der Waals surface area contributed by atoms with Crippen LogP contribution in [-0.2, 0) is 0 Å². The summed E-state index contributed by atoms with van der Waals surface area (Å²) in [6.45, 7) is 4.82. The molecule has 2 fully saturated rings. The maximum atomic E-state index is 2.65. The smallest absolute Gasteiger partial charge is 0.00977 e. The van der Waals surface area contributed by atoms with Crippen LogP contribution in [0.5, 0.6) is 0 Å². The molecule has 0 aliphatic heterocycles. The van der Waals surface area contributed by atoms with Gasteiger partial charge in [-0.15, -0.1) is 0 Å². The fourth-order valence-electron chi connectivity index (χ4n) is 2.79. The van der Waals surface area contributed by atoms with Crippen LogP contribution in [0.1, 0.15) is 46.0 Å². The third-order valence-corrected chi connectivity index (χ3v) is 4.19. The summed E-state index contributed by atoms with van der Waals surface area (Å²) in [5.74, 6) is 2.00. The first kappa shape index (κ1) is 9.51. The molecule has 76 valence electrons. The van der Waals surface area contributed by atoms with Crippen molar-refractivity contribution in [2.75, 3.05) is 7.05 Å². The van der Waals surface area contributed by atoms with Crippen LogP contribution in [0.3, 0.4) is 0 Å². The van der Waals surface area contributed by atoms with E-state index >= 15 is 0 Å². The van der Waals surface area contributed by atoms with E-state index in [0.717, 1.165) is 23.9 Å². The Bertz CT molecular complexity index is 174. The first-order valence-corrected chi connectivity index (χ1v) is 5.90. The van der Waals surface area contributed by atoms with Gasteiger partial charge in [0.1, 0.15) is 0 Å². The van der Waals surface area contributed by atoms with Crippen molar-refractivity contribution in [3.05, 3.63) is 0 Å². The van der Waals surface area contributed by atoms with Gasteiger partial charge in [0.05, 0.1) is 0 Å². The fraction of sp³-hybridized carbons (Fsp3) is 1.00. The highest BCUT2D eigenvalue weighted by molar-refractivity contribution is 4.89. The molecule has 0 saturated heterocycles. The quantitative estimate of drug-likeness (QED) is 0.647. The van der Waals surface area contributed by atoms with Crippen LogP contribution >= 0.6 is 0 Å². The van der Waals surface area contributed by atoms with Gasteiger partial charge >= 0.3 is 0 Å². The highest BCUT2D eigenvalue weighted by Crippen LogP contribution is 2.38. The van der Waals surface area contributed by atoms with Crippen LogP contribution in [0.2, 0.25) is 0 Å². The molecule has 2 aliphatic rings. The highest BCUT2D eigenvalue weighted by atomic mass is 15.2. The zero-order chi connectivity index (χ0) is 9.42. The second-order valence-corrected chi connectivity index (χ2v) is 5.32. The van der Waals surface area contributed by atoms with Crippen LogP contribution in [-0.4, -0.2) is 24.0 Å². The summed E-state index contributed by atoms with van der Waals surface area (Å²) in [6, 6.07) is 1.74. The first-order chi connectivity index (χ1) is 6.18. The molecular formula is C12H23N. The largest absolute Gasteiger partial charge is 0.300 e. The summed E-state index contributed by atoms with van der Waals surface area (Å²) in [4.78, 5) is 2.65. The third kappa shape index (κ3) is 2.07. The van der Waals surface area contributed by atoms with Crippen LogP contribution in [0.25, 0.3) is 0 Å². The van der Waals surface area contributed by atoms with E-state index in [1.807, 2.05) is 0 Å². The molecule has 0 aromatic heterocycles. The van der Waals surface area contributed by atoms with Crippen LogP contribution < -0.4 is 0 Å². The fourth-order valence-corrected chi connectivity index (χ4v) is 2.79. The molecule has 0 aromatic rings. The molecule has 3 atom stereocenters. The zero-order valence-corrected chi connectivity index (χ0v) is 9.29. The average Bonchev–Trinajstić information content (AvgIpc) is 2.87. The molecule has 2 aliphatic carbocycles. The summed E-state index contributed by atoms with van der Waals surface area (Å²) in [5, 5.41) is 0. The van der Waals surface area contributed by atoms with Crippen LogP contribution in [0.4, 0.5) is 0 Å². The van der Waals surface area contributed by atoms with E-state index in [1.54, 1.807) is 0 Å². The monoisotopic (exact) mass is 181 g/mol. The van der Waals surface area contributed by atoms with Crippen molar-refractivity contribution < 1.29 is 0 Å².